The fraction of sp³-hybridized carbons (Fsp3) is 0. The van der Waals surface area contributed by atoms with Crippen LogP contribution < -0.4 is 0 Å². The van der Waals surface area contributed by atoms with Crippen molar-refractivity contribution in [2.45, 2.75) is 0 Å². The molecule has 0 unspecified atom stereocenters. The average molecular weight is 460 g/mol. The van der Waals surface area contributed by atoms with E-state index in [-0.39, 0.29) is 0 Å². The Balaban J connectivity index is 1.45. The number of fused-ring (bicyclic) bond motifs is 7. The fourth-order valence-electron chi connectivity index (χ4n) is 5.77. The second-order valence-electron chi connectivity index (χ2n) is 9.34. The van der Waals surface area contributed by atoms with E-state index in [4.69, 9.17) is 0 Å². The summed E-state index contributed by atoms with van der Waals surface area (Å²) in [5.41, 5.74) is 5.92. The van der Waals surface area contributed by atoms with Crippen LogP contribution in [-0.4, -0.2) is 14.1 Å². The summed E-state index contributed by atoms with van der Waals surface area (Å²) in [6.07, 6.45) is 6.06. The van der Waals surface area contributed by atoms with E-state index in [1.165, 1.54) is 54.6 Å². The van der Waals surface area contributed by atoms with E-state index in [0.717, 1.165) is 11.1 Å². The Bertz CT molecular complexity index is 2090. The zero-order valence-corrected chi connectivity index (χ0v) is 19.5. The molecule has 3 aromatic heterocycles. The lowest BCUT2D eigenvalue weighted by molar-refractivity contribution is 1.12. The molecule has 8 rings (SSSR count). The first-order valence-corrected chi connectivity index (χ1v) is 12.2. The van der Waals surface area contributed by atoms with Gasteiger partial charge in [-0.15, -0.1) is 0 Å². The smallest absolute Gasteiger partial charge is 0.0718 e. The zero-order valence-electron chi connectivity index (χ0n) is 19.5. The molecule has 0 aliphatic heterocycles. The second-order valence-corrected chi connectivity index (χ2v) is 9.34. The van der Waals surface area contributed by atoms with E-state index in [2.05, 4.69) is 130 Å². The van der Waals surface area contributed by atoms with Crippen molar-refractivity contribution in [2.75, 3.05) is 0 Å². The lowest BCUT2D eigenvalue weighted by atomic mass is 10.0. The molecule has 8 aromatic rings. The van der Waals surface area contributed by atoms with Crippen LogP contribution in [-0.2, 0) is 0 Å². The quantitative estimate of drug-likeness (QED) is 0.254. The normalized spacial score (nSPS) is 11.9. The Hall–Kier alpha value is -4.89. The Labute approximate surface area is 207 Å². The summed E-state index contributed by atoms with van der Waals surface area (Å²) in [7, 11) is 0. The standard InChI is InChI=1S/C33H21N3/c1-2-9-24(10-3-1)36-31-13-7-6-12-26(31)29-19-28-22(18-32(29)36)14-15-30-27(28)16-17-35(30)33-21-34-20-23-8-4-5-11-25(23)33/h1-21H. The molecule has 0 amide bonds. The van der Waals surface area contributed by atoms with Gasteiger partial charge in [-0.3, -0.25) is 4.98 Å². The summed E-state index contributed by atoms with van der Waals surface area (Å²) < 4.78 is 4.64. The molecule has 0 bridgehead atoms. The van der Waals surface area contributed by atoms with Crippen molar-refractivity contribution in [3.8, 4) is 11.4 Å². The molecule has 0 saturated carbocycles. The lowest BCUT2D eigenvalue weighted by Crippen LogP contribution is -1.95. The highest BCUT2D eigenvalue weighted by Crippen LogP contribution is 2.37. The van der Waals surface area contributed by atoms with Crippen LogP contribution in [0.2, 0.25) is 0 Å². The van der Waals surface area contributed by atoms with Gasteiger partial charge in [0.1, 0.15) is 0 Å². The van der Waals surface area contributed by atoms with Gasteiger partial charge in [0, 0.05) is 45.0 Å². The molecule has 3 heterocycles. The van der Waals surface area contributed by atoms with E-state index < -0.39 is 0 Å². The molecule has 168 valence electrons. The van der Waals surface area contributed by atoms with Crippen molar-refractivity contribution in [3.05, 3.63) is 128 Å². The van der Waals surface area contributed by atoms with Gasteiger partial charge in [0.15, 0.2) is 0 Å². The van der Waals surface area contributed by atoms with Gasteiger partial charge in [-0.2, -0.15) is 0 Å². The monoisotopic (exact) mass is 459 g/mol. The third kappa shape index (κ3) is 2.65. The highest BCUT2D eigenvalue weighted by atomic mass is 15.0. The first kappa shape index (κ1) is 19.4. The van der Waals surface area contributed by atoms with Gasteiger partial charge in [-0.1, -0.05) is 66.7 Å². The third-order valence-electron chi connectivity index (χ3n) is 7.40. The largest absolute Gasteiger partial charge is 0.314 e. The van der Waals surface area contributed by atoms with Crippen LogP contribution in [0.25, 0.3) is 65.6 Å². The number of para-hydroxylation sites is 2. The van der Waals surface area contributed by atoms with Crippen LogP contribution in [0.5, 0.6) is 0 Å². The first-order chi connectivity index (χ1) is 17.9. The van der Waals surface area contributed by atoms with Gasteiger partial charge in [0.2, 0.25) is 0 Å². The Kier molecular flexibility index (Phi) is 3.94. The molecule has 0 saturated heterocycles. The highest BCUT2D eigenvalue weighted by Gasteiger charge is 2.15. The van der Waals surface area contributed by atoms with Crippen LogP contribution in [0.1, 0.15) is 0 Å². The fourth-order valence-corrected chi connectivity index (χ4v) is 5.77. The summed E-state index contributed by atoms with van der Waals surface area (Å²) >= 11 is 0. The average Bonchev–Trinajstić information content (AvgIpc) is 3.51. The number of nitrogens with zero attached hydrogens (tertiary/aromatic N) is 3. The molecule has 0 spiro atoms. The van der Waals surface area contributed by atoms with Gasteiger partial charge in [0.25, 0.3) is 0 Å². The summed E-state index contributed by atoms with van der Waals surface area (Å²) in [5, 5.41) is 8.65. The maximum absolute atomic E-state index is 4.52. The molecular weight excluding hydrogens is 438 g/mol. The van der Waals surface area contributed by atoms with Crippen LogP contribution in [0.4, 0.5) is 0 Å². The predicted molar refractivity (Wildman–Crippen MR) is 150 cm³/mol. The molecule has 3 heteroatoms. The first-order valence-electron chi connectivity index (χ1n) is 12.2. The molecule has 3 nitrogen and oxygen atoms in total. The molecule has 0 aliphatic carbocycles. The molecule has 36 heavy (non-hydrogen) atoms. The Morgan fingerprint density at radius 1 is 0.472 bits per heavy atom. The minimum atomic E-state index is 1.10. The molecule has 0 aliphatic rings. The minimum absolute atomic E-state index is 1.10. The highest BCUT2D eigenvalue weighted by molar-refractivity contribution is 6.18. The molecule has 5 aromatic carbocycles. The zero-order chi connectivity index (χ0) is 23.6. The van der Waals surface area contributed by atoms with Crippen LogP contribution in [0.15, 0.2) is 128 Å². The van der Waals surface area contributed by atoms with Gasteiger partial charge < -0.3 is 9.13 Å². The topological polar surface area (TPSA) is 22.8 Å². The summed E-state index contributed by atoms with van der Waals surface area (Å²) in [6, 6.07) is 39.2. The van der Waals surface area contributed by atoms with Gasteiger partial charge in [0.05, 0.1) is 28.4 Å². The van der Waals surface area contributed by atoms with Gasteiger partial charge >= 0.3 is 0 Å². The van der Waals surface area contributed by atoms with Gasteiger partial charge in [-0.05, 0) is 53.2 Å². The maximum Gasteiger partial charge on any atom is 0.0718 e. The molecule has 0 fully saturated rings. The summed E-state index contributed by atoms with van der Waals surface area (Å²) in [5.74, 6) is 0. The maximum atomic E-state index is 4.52. The SMILES string of the molecule is c1ccc(-n2c3ccccc3c3cc4c(ccc5c4ccn5-c4cncc5ccccc45)cc32)cc1. The van der Waals surface area contributed by atoms with Crippen molar-refractivity contribution < 1.29 is 0 Å². The van der Waals surface area contributed by atoms with E-state index in [1.54, 1.807) is 0 Å². The number of hydrogen-bond acceptors (Lipinski definition) is 1. The number of rotatable bonds is 2. The third-order valence-corrected chi connectivity index (χ3v) is 7.40. The van der Waals surface area contributed by atoms with E-state index >= 15 is 0 Å². The van der Waals surface area contributed by atoms with Crippen molar-refractivity contribution in [3.63, 3.8) is 0 Å². The number of aromatic nitrogens is 3. The Morgan fingerprint density at radius 2 is 1.25 bits per heavy atom. The van der Waals surface area contributed by atoms with Crippen LogP contribution >= 0.6 is 0 Å². The van der Waals surface area contributed by atoms with Gasteiger partial charge in [-0.25, -0.2) is 0 Å². The second kappa shape index (κ2) is 7.30. The Morgan fingerprint density at radius 3 is 2.17 bits per heavy atom. The van der Waals surface area contributed by atoms with E-state index in [1.807, 2.05) is 12.4 Å². The number of hydrogen-bond donors (Lipinski definition) is 0. The summed E-state index contributed by atoms with van der Waals surface area (Å²) in [6.45, 7) is 0. The van der Waals surface area contributed by atoms with Crippen molar-refractivity contribution >= 4 is 54.3 Å². The van der Waals surface area contributed by atoms with Crippen molar-refractivity contribution in [1.29, 1.82) is 0 Å². The molecular formula is C33H21N3. The van der Waals surface area contributed by atoms with Crippen molar-refractivity contribution in [1.82, 2.24) is 14.1 Å². The minimum Gasteiger partial charge on any atom is -0.314 e. The van der Waals surface area contributed by atoms with Crippen LogP contribution in [0, 0.1) is 0 Å². The van der Waals surface area contributed by atoms with E-state index in [9.17, 15) is 0 Å². The predicted octanol–water partition coefficient (Wildman–Crippen LogP) is 8.43. The van der Waals surface area contributed by atoms with E-state index in [0.29, 0.717) is 0 Å². The molecule has 0 atom stereocenters. The lowest BCUT2D eigenvalue weighted by Gasteiger charge is -2.10. The number of pyridine rings is 1. The molecule has 0 radical (unpaired) electrons. The van der Waals surface area contributed by atoms with Crippen molar-refractivity contribution in [2.24, 2.45) is 0 Å². The van der Waals surface area contributed by atoms with Crippen LogP contribution in [0.3, 0.4) is 0 Å². The summed E-state index contributed by atoms with van der Waals surface area (Å²) in [4.78, 5) is 4.52. The molecule has 0 N–H and O–H groups in total. The number of benzene rings is 5.